The lowest BCUT2D eigenvalue weighted by molar-refractivity contribution is -0.384. The number of nitro benzene ring substituents is 1. The second kappa shape index (κ2) is 6.15. The molecule has 0 fully saturated rings. The first kappa shape index (κ1) is 15.7. The largest absolute Gasteiger partial charge is 0.542 e. The lowest BCUT2D eigenvalue weighted by Crippen LogP contribution is -2.22. The molecule has 0 bridgehead atoms. The van der Waals surface area contributed by atoms with E-state index >= 15 is 0 Å². The second-order valence-corrected chi connectivity index (χ2v) is 5.47. The molecule has 1 N–H and O–H groups in total. The van der Waals surface area contributed by atoms with E-state index in [4.69, 9.17) is 4.42 Å². The Morgan fingerprint density at radius 3 is 2.62 bits per heavy atom. The van der Waals surface area contributed by atoms with Crippen molar-refractivity contribution in [3.8, 4) is 0 Å². The van der Waals surface area contributed by atoms with E-state index in [1.54, 1.807) is 19.1 Å². The Labute approximate surface area is 136 Å². The fourth-order valence-electron chi connectivity index (χ4n) is 2.76. The van der Waals surface area contributed by atoms with Crippen molar-refractivity contribution < 1.29 is 19.2 Å². The molecule has 0 atom stereocenters. The maximum Gasteiger partial charge on any atom is 0.269 e. The van der Waals surface area contributed by atoms with Gasteiger partial charge in [-0.05, 0) is 31.9 Å². The number of hydrazone groups is 1. The monoisotopic (exact) mass is 328 g/mol. The van der Waals surface area contributed by atoms with Crippen LogP contribution >= 0.6 is 0 Å². The second-order valence-electron chi connectivity index (χ2n) is 5.47. The summed E-state index contributed by atoms with van der Waals surface area (Å²) in [6.45, 7) is 1.67. The first-order valence-electron chi connectivity index (χ1n) is 7.38. The lowest BCUT2D eigenvalue weighted by atomic mass is 9.93. The van der Waals surface area contributed by atoms with Crippen molar-refractivity contribution in [3.63, 3.8) is 0 Å². The molecule has 124 valence electrons. The fourth-order valence-corrected chi connectivity index (χ4v) is 2.76. The van der Waals surface area contributed by atoms with E-state index in [9.17, 15) is 20.0 Å². The summed E-state index contributed by atoms with van der Waals surface area (Å²) in [5.41, 5.74) is 5.35. The number of carbonyl (C=O) groups excluding carboxylic acids is 1. The molecular weight excluding hydrogens is 314 g/mol. The SMILES string of the molecule is Cc1c(C(=O)[O-])oc2c1C(=NNc1ccc([N+](=O)[O-])cc1)CCC2. The topological polar surface area (TPSA) is 121 Å². The van der Waals surface area contributed by atoms with E-state index in [0.29, 0.717) is 41.1 Å². The number of carboxylic acid groups (broad SMARTS) is 1. The number of carbonyl (C=O) groups is 1. The van der Waals surface area contributed by atoms with Gasteiger partial charge < -0.3 is 14.3 Å². The Bertz CT molecular complexity index is 836. The summed E-state index contributed by atoms with van der Waals surface area (Å²) >= 11 is 0. The van der Waals surface area contributed by atoms with Gasteiger partial charge in [0.05, 0.1) is 16.3 Å². The van der Waals surface area contributed by atoms with Crippen molar-refractivity contribution in [1.29, 1.82) is 0 Å². The fraction of sp³-hybridized carbons (Fsp3) is 0.250. The average Bonchev–Trinajstić information content (AvgIpc) is 2.91. The lowest BCUT2D eigenvalue weighted by Gasteiger charge is -2.13. The van der Waals surface area contributed by atoms with Crippen LogP contribution in [0.4, 0.5) is 11.4 Å². The molecule has 3 rings (SSSR count). The highest BCUT2D eigenvalue weighted by Gasteiger charge is 2.25. The molecule has 0 amide bonds. The average molecular weight is 328 g/mol. The molecule has 8 nitrogen and oxygen atoms in total. The number of carboxylic acids is 1. The molecule has 0 radical (unpaired) electrons. The number of anilines is 1. The minimum absolute atomic E-state index is 0.00238. The first-order valence-corrected chi connectivity index (χ1v) is 7.38. The van der Waals surface area contributed by atoms with Crippen molar-refractivity contribution in [3.05, 3.63) is 57.0 Å². The molecule has 1 aromatic heterocycles. The van der Waals surface area contributed by atoms with E-state index in [1.165, 1.54) is 12.1 Å². The number of aryl methyl sites for hydroxylation is 1. The molecule has 1 aliphatic rings. The minimum atomic E-state index is -1.34. The molecule has 0 aliphatic heterocycles. The minimum Gasteiger partial charge on any atom is -0.542 e. The number of nitro groups is 1. The molecule has 0 unspecified atom stereocenters. The number of benzene rings is 1. The molecule has 2 aromatic rings. The van der Waals surface area contributed by atoms with Crippen molar-refractivity contribution in [2.45, 2.75) is 26.2 Å². The van der Waals surface area contributed by atoms with Gasteiger partial charge in [0.25, 0.3) is 5.69 Å². The van der Waals surface area contributed by atoms with E-state index < -0.39 is 10.9 Å². The zero-order valence-electron chi connectivity index (χ0n) is 12.9. The highest BCUT2D eigenvalue weighted by Crippen LogP contribution is 2.29. The first-order chi connectivity index (χ1) is 11.5. The van der Waals surface area contributed by atoms with Gasteiger partial charge in [-0.3, -0.25) is 15.5 Å². The van der Waals surface area contributed by atoms with E-state index in [0.717, 1.165) is 6.42 Å². The number of furan rings is 1. The van der Waals surface area contributed by atoms with Crippen molar-refractivity contribution in [2.75, 3.05) is 5.43 Å². The number of non-ortho nitro benzene ring substituents is 1. The van der Waals surface area contributed by atoms with E-state index in [1.807, 2.05) is 0 Å². The van der Waals surface area contributed by atoms with E-state index in [2.05, 4.69) is 10.5 Å². The van der Waals surface area contributed by atoms with Crippen molar-refractivity contribution in [2.24, 2.45) is 5.10 Å². The van der Waals surface area contributed by atoms with Crippen LogP contribution in [0, 0.1) is 17.0 Å². The zero-order chi connectivity index (χ0) is 17.3. The summed E-state index contributed by atoms with van der Waals surface area (Å²) in [4.78, 5) is 21.3. The van der Waals surface area contributed by atoms with Gasteiger partial charge in [0.15, 0.2) is 5.76 Å². The molecule has 0 saturated carbocycles. The summed E-state index contributed by atoms with van der Waals surface area (Å²) in [6.07, 6.45) is 2.13. The molecule has 1 heterocycles. The normalized spacial score (nSPS) is 15.1. The summed E-state index contributed by atoms with van der Waals surface area (Å²) in [6, 6.07) is 5.87. The molecule has 1 aliphatic carbocycles. The zero-order valence-corrected chi connectivity index (χ0v) is 12.9. The van der Waals surface area contributed by atoms with Gasteiger partial charge in [0, 0.05) is 29.7 Å². The van der Waals surface area contributed by atoms with Gasteiger partial charge in [-0.25, -0.2) is 0 Å². The van der Waals surface area contributed by atoms with Gasteiger partial charge in [-0.15, -0.1) is 0 Å². The quantitative estimate of drug-likeness (QED) is 0.677. The van der Waals surface area contributed by atoms with Crippen molar-refractivity contribution >= 4 is 23.1 Å². The molecule has 0 saturated heterocycles. The van der Waals surface area contributed by atoms with Crippen LogP contribution < -0.4 is 10.5 Å². The smallest absolute Gasteiger partial charge is 0.269 e. The van der Waals surface area contributed by atoms with Crippen LogP contribution in [0.2, 0.25) is 0 Å². The maximum absolute atomic E-state index is 11.1. The third-order valence-electron chi connectivity index (χ3n) is 3.91. The number of nitrogens with one attached hydrogen (secondary N) is 1. The number of hydrogen-bond acceptors (Lipinski definition) is 7. The van der Waals surface area contributed by atoms with Crippen LogP contribution in [-0.4, -0.2) is 16.6 Å². The van der Waals surface area contributed by atoms with Gasteiger partial charge in [-0.2, -0.15) is 5.10 Å². The van der Waals surface area contributed by atoms with Crippen LogP contribution in [0.15, 0.2) is 33.8 Å². The molecule has 8 heteroatoms. The summed E-state index contributed by atoms with van der Waals surface area (Å²) in [5.74, 6) is -0.906. The highest BCUT2D eigenvalue weighted by molar-refractivity contribution is 6.05. The third-order valence-corrected chi connectivity index (χ3v) is 3.91. The Hall–Kier alpha value is -3.16. The van der Waals surface area contributed by atoms with Gasteiger partial charge >= 0.3 is 0 Å². The summed E-state index contributed by atoms with van der Waals surface area (Å²) < 4.78 is 5.38. The predicted octanol–water partition coefficient (Wildman–Crippen LogP) is 2.01. The Morgan fingerprint density at radius 1 is 1.29 bits per heavy atom. The van der Waals surface area contributed by atoms with Crippen LogP contribution in [-0.2, 0) is 6.42 Å². The number of fused-ring (bicyclic) bond motifs is 1. The van der Waals surface area contributed by atoms with Crippen LogP contribution in [0.3, 0.4) is 0 Å². The van der Waals surface area contributed by atoms with Crippen LogP contribution in [0.1, 0.15) is 40.3 Å². The number of rotatable bonds is 4. The predicted molar refractivity (Wildman–Crippen MR) is 84.0 cm³/mol. The number of nitrogens with zero attached hydrogens (tertiary/aromatic N) is 2. The van der Waals surface area contributed by atoms with Crippen LogP contribution in [0.5, 0.6) is 0 Å². The molecule has 1 aromatic carbocycles. The number of hydrogen-bond donors (Lipinski definition) is 1. The van der Waals surface area contributed by atoms with Crippen LogP contribution in [0.25, 0.3) is 0 Å². The molecule has 0 spiro atoms. The molecular formula is C16H14N3O5-. The summed E-state index contributed by atoms with van der Waals surface area (Å²) in [7, 11) is 0. The maximum atomic E-state index is 11.1. The molecule has 24 heavy (non-hydrogen) atoms. The highest BCUT2D eigenvalue weighted by atomic mass is 16.6. The van der Waals surface area contributed by atoms with E-state index in [-0.39, 0.29) is 11.4 Å². The van der Waals surface area contributed by atoms with Gasteiger partial charge in [0.1, 0.15) is 11.7 Å². The standard InChI is InChI=1S/C16H15N3O5/c1-9-14-12(3-2-4-13(14)24-15(9)16(20)21)18-17-10-5-7-11(8-6-10)19(22)23/h5-8,17H,2-4H2,1H3,(H,20,21)/p-1. The number of aromatic carboxylic acids is 1. The van der Waals surface area contributed by atoms with Crippen molar-refractivity contribution in [1.82, 2.24) is 0 Å². The van der Waals surface area contributed by atoms with Gasteiger partial charge in [-0.1, -0.05) is 0 Å². The summed E-state index contributed by atoms with van der Waals surface area (Å²) in [5, 5.41) is 26.1. The third kappa shape index (κ3) is 2.85. The Balaban J connectivity index is 1.87. The van der Waals surface area contributed by atoms with Gasteiger partial charge in [0.2, 0.25) is 0 Å². The Kier molecular flexibility index (Phi) is 4.03. The Morgan fingerprint density at radius 2 is 2.00 bits per heavy atom.